The van der Waals surface area contributed by atoms with Gasteiger partial charge in [-0.3, -0.25) is 4.98 Å². The Morgan fingerprint density at radius 1 is 1.31 bits per heavy atom. The zero-order valence-corrected chi connectivity index (χ0v) is 9.64. The Labute approximate surface area is 95.4 Å². The molecule has 2 rings (SSSR count). The molecule has 0 aliphatic carbocycles. The molecular weight excluding hydrogens is 200 g/mol. The smallest absolute Gasteiger partial charge is 0.123 e. The molecule has 4 nitrogen and oxygen atoms in total. The number of aromatic nitrogens is 3. The zero-order valence-electron chi connectivity index (χ0n) is 9.64. The molecule has 0 aromatic carbocycles. The van der Waals surface area contributed by atoms with E-state index in [4.69, 9.17) is 0 Å². The van der Waals surface area contributed by atoms with Crippen LogP contribution in [0, 0.1) is 6.92 Å². The van der Waals surface area contributed by atoms with Gasteiger partial charge in [0.25, 0.3) is 0 Å². The molecule has 16 heavy (non-hydrogen) atoms. The van der Waals surface area contributed by atoms with E-state index in [0.29, 0.717) is 0 Å². The van der Waals surface area contributed by atoms with E-state index in [0.717, 1.165) is 24.6 Å². The van der Waals surface area contributed by atoms with Crippen molar-refractivity contribution in [3.8, 4) is 0 Å². The highest BCUT2D eigenvalue weighted by atomic mass is 15.1. The molecule has 0 aliphatic rings. The quantitative estimate of drug-likeness (QED) is 0.839. The predicted octanol–water partition coefficient (Wildman–Crippen LogP) is 1.35. The highest BCUT2D eigenvalue weighted by Gasteiger charge is 2.04. The average molecular weight is 216 g/mol. The van der Waals surface area contributed by atoms with Crippen molar-refractivity contribution in [2.24, 2.45) is 0 Å². The van der Waals surface area contributed by atoms with Crippen LogP contribution < -0.4 is 5.32 Å². The summed E-state index contributed by atoms with van der Waals surface area (Å²) < 4.78 is 2.12. The van der Waals surface area contributed by atoms with Crippen LogP contribution in [0.2, 0.25) is 0 Å². The highest BCUT2D eigenvalue weighted by molar-refractivity contribution is 5.18. The van der Waals surface area contributed by atoms with E-state index in [1.54, 1.807) is 0 Å². The first-order valence-corrected chi connectivity index (χ1v) is 5.36. The second-order valence-electron chi connectivity index (χ2n) is 3.77. The minimum atomic E-state index is 0.777. The molecule has 0 saturated carbocycles. The summed E-state index contributed by atoms with van der Waals surface area (Å²) in [5.41, 5.74) is 2.31. The predicted molar refractivity (Wildman–Crippen MR) is 63.1 cm³/mol. The molecule has 0 bridgehead atoms. The van der Waals surface area contributed by atoms with E-state index in [-0.39, 0.29) is 0 Å². The third kappa shape index (κ3) is 2.28. The first-order chi connectivity index (χ1) is 7.81. The van der Waals surface area contributed by atoms with Gasteiger partial charge in [0.2, 0.25) is 0 Å². The van der Waals surface area contributed by atoms with Gasteiger partial charge >= 0.3 is 0 Å². The lowest BCUT2D eigenvalue weighted by molar-refractivity contribution is 0.663. The maximum absolute atomic E-state index is 4.39. The third-order valence-corrected chi connectivity index (χ3v) is 2.57. The topological polar surface area (TPSA) is 42.7 Å². The highest BCUT2D eigenvalue weighted by Crippen LogP contribution is 2.07. The Balaban J connectivity index is 2.20. The van der Waals surface area contributed by atoms with Crippen molar-refractivity contribution < 1.29 is 0 Å². The largest absolute Gasteiger partial charge is 0.328 e. The minimum absolute atomic E-state index is 0.777. The lowest BCUT2D eigenvalue weighted by Crippen LogP contribution is -2.13. The van der Waals surface area contributed by atoms with Crippen LogP contribution >= 0.6 is 0 Å². The van der Waals surface area contributed by atoms with Gasteiger partial charge in [-0.2, -0.15) is 0 Å². The first kappa shape index (κ1) is 10.8. The van der Waals surface area contributed by atoms with Gasteiger partial charge in [0.15, 0.2) is 0 Å². The Kier molecular flexibility index (Phi) is 3.31. The number of rotatable bonds is 4. The molecule has 2 aromatic heterocycles. The molecule has 2 aromatic rings. The number of hydrogen-bond acceptors (Lipinski definition) is 3. The number of nitrogens with one attached hydrogen (secondary N) is 1. The Morgan fingerprint density at radius 3 is 2.94 bits per heavy atom. The summed E-state index contributed by atoms with van der Waals surface area (Å²) in [6, 6.07) is 4.04. The fraction of sp³-hybridized carbons (Fsp3) is 0.333. The SMILES string of the molecule is CNCc1nccn1Cc1ncccc1C. The monoisotopic (exact) mass is 216 g/mol. The summed E-state index contributed by atoms with van der Waals surface area (Å²) in [5, 5.41) is 3.11. The van der Waals surface area contributed by atoms with Gasteiger partial charge in [-0.1, -0.05) is 6.07 Å². The summed E-state index contributed by atoms with van der Waals surface area (Å²) in [5.74, 6) is 1.03. The first-order valence-electron chi connectivity index (χ1n) is 5.36. The molecule has 0 unspecified atom stereocenters. The van der Waals surface area contributed by atoms with Crippen LogP contribution in [-0.2, 0) is 13.1 Å². The van der Waals surface area contributed by atoms with E-state index in [2.05, 4.69) is 32.8 Å². The lowest BCUT2D eigenvalue weighted by Gasteiger charge is -2.08. The fourth-order valence-corrected chi connectivity index (χ4v) is 1.65. The molecule has 0 fully saturated rings. The molecular formula is C12H16N4. The number of aryl methyl sites for hydroxylation is 1. The van der Waals surface area contributed by atoms with Crippen LogP contribution in [0.3, 0.4) is 0 Å². The van der Waals surface area contributed by atoms with Crippen LogP contribution in [0.5, 0.6) is 0 Å². The molecule has 84 valence electrons. The molecule has 2 heterocycles. The van der Waals surface area contributed by atoms with E-state index in [1.165, 1.54) is 5.56 Å². The van der Waals surface area contributed by atoms with Gasteiger partial charge in [0.05, 0.1) is 18.8 Å². The molecule has 0 spiro atoms. The van der Waals surface area contributed by atoms with Crippen LogP contribution in [0.1, 0.15) is 17.1 Å². The number of hydrogen-bond donors (Lipinski definition) is 1. The lowest BCUT2D eigenvalue weighted by atomic mass is 10.2. The molecule has 0 amide bonds. The van der Waals surface area contributed by atoms with Crippen molar-refractivity contribution in [2.75, 3.05) is 7.05 Å². The van der Waals surface area contributed by atoms with Crippen molar-refractivity contribution in [3.05, 3.63) is 47.8 Å². The van der Waals surface area contributed by atoms with Crippen molar-refractivity contribution in [3.63, 3.8) is 0 Å². The minimum Gasteiger partial charge on any atom is -0.328 e. The molecule has 0 atom stereocenters. The van der Waals surface area contributed by atoms with E-state index >= 15 is 0 Å². The third-order valence-electron chi connectivity index (χ3n) is 2.57. The Bertz CT molecular complexity index is 462. The molecule has 1 N–H and O–H groups in total. The van der Waals surface area contributed by atoms with Gasteiger partial charge < -0.3 is 9.88 Å². The van der Waals surface area contributed by atoms with Gasteiger partial charge in [-0.25, -0.2) is 4.98 Å². The summed E-state index contributed by atoms with van der Waals surface area (Å²) >= 11 is 0. The molecule has 0 saturated heterocycles. The molecule has 4 heteroatoms. The van der Waals surface area contributed by atoms with Crippen molar-refractivity contribution >= 4 is 0 Å². The van der Waals surface area contributed by atoms with Crippen LogP contribution in [0.15, 0.2) is 30.7 Å². The molecule has 0 radical (unpaired) electrons. The normalized spacial score (nSPS) is 10.6. The van der Waals surface area contributed by atoms with Crippen molar-refractivity contribution in [2.45, 2.75) is 20.0 Å². The maximum Gasteiger partial charge on any atom is 0.123 e. The van der Waals surface area contributed by atoms with Crippen LogP contribution in [0.25, 0.3) is 0 Å². The van der Waals surface area contributed by atoms with Crippen LogP contribution in [-0.4, -0.2) is 21.6 Å². The van der Waals surface area contributed by atoms with Gasteiger partial charge in [-0.05, 0) is 25.6 Å². The van der Waals surface area contributed by atoms with E-state index in [9.17, 15) is 0 Å². The summed E-state index contributed by atoms with van der Waals surface area (Å²) in [4.78, 5) is 8.69. The molecule has 0 aliphatic heterocycles. The van der Waals surface area contributed by atoms with Gasteiger partial charge in [0, 0.05) is 18.6 Å². The summed E-state index contributed by atoms with van der Waals surface area (Å²) in [6.45, 7) is 3.64. The Morgan fingerprint density at radius 2 is 2.19 bits per heavy atom. The summed E-state index contributed by atoms with van der Waals surface area (Å²) in [7, 11) is 1.92. The summed E-state index contributed by atoms with van der Waals surface area (Å²) in [6.07, 6.45) is 5.64. The number of nitrogens with zero attached hydrogens (tertiary/aromatic N) is 3. The van der Waals surface area contributed by atoms with Crippen LogP contribution in [0.4, 0.5) is 0 Å². The zero-order chi connectivity index (χ0) is 11.4. The standard InChI is InChI=1S/C12H16N4/c1-10-4-3-5-14-11(10)9-16-7-6-15-12(16)8-13-2/h3-7,13H,8-9H2,1-2H3. The second-order valence-corrected chi connectivity index (χ2v) is 3.77. The average Bonchev–Trinajstić information content (AvgIpc) is 2.70. The maximum atomic E-state index is 4.39. The fourth-order valence-electron chi connectivity index (χ4n) is 1.65. The van der Waals surface area contributed by atoms with Gasteiger partial charge in [0.1, 0.15) is 5.82 Å². The van der Waals surface area contributed by atoms with Crippen molar-refractivity contribution in [1.29, 1.82) is 0 Å². The van der Waals surface area contributed by atoms with E-state index in [1.807, 2.05) is 31.7 Å². The number of imidazole rings is 1. The van der Waals surface area contributed by atoms with Gasteiger partial charge in [-0.15, -0.1) is 0 Å². The second kappa shape index (κ2) is 4.90. The van der Waals surface area contributed by atoms with Crippen molar-refractivity contribution in [1.82, 2.24) is 19.9 Å². The van der Waals surface area contributed by atoms with E-state index < -0.39 is 0 Å². The Hall–Kier alpha value is -1.68. The number of pyridine rings is 1.